The third-order valence-corrected chi connectivity index (χ3v) is 8.36. The molecule has 1 aliphatic carbocycles. The summed E-state index contributed by atoms with van der Waals surface area (Å²) >= 11 is 0. The average Bonchev–Trinajstić information content (AvgIpc) is 3.08. The van der Waals surface area contributed by atoms with Crippen molar-refractivity contribution in [2.24, 2.45) is 0 Å². The maximum atomic E-state index is 3.56. The first-order valence-electron chi connectivity index (χ1n) is 16.1. The Morgan fingerprint density at radius 3 is 1.59 bits per heavy atom. The highest BCUT2D eigenvalue weighted by Gasteiger charge is 2.42. The topological polar surface area (TPSA) is 9.72 Å². The number of benzene rings is 5. The van der Waals surface area contributed by atoms with Gasteiger partial charge in [-0.25, -0.2) is 0 Å². The molecule has 0 atom stereocenters. The summed E-state index contributed by atoms with van der Waals surface area (Å²) in [5.41, 5.74) is 11.9. The van der Waals surface area contributed by atoms with Gasteiger partial charge in [0.05, 0.1) is 5.54 Å². The number of allylic oxidation sites excluding steroid dienone is 4. The van der Waals surface area contributed by atoms with E-state index in [-0.39, 0.29) is 5.54 Å². The Morgan fingerprint density at radius 1 is 0.587 bits per heavy atom. The van der Waals surface area contributed by atoms with Crippen molar-refractivity contribution in [3.63, 3.8) is 0 Å². The van der Waals surface area contributed by atoms with Gasteiger partial charge in [0.15, 0.2) is 0 Å². The summed E-state index contributed by atoms with van der Waals surface area (Å²) in [7, 11) is 0. The Kier molecular flexibility index (Phi) is 8.94. The quantitative estimate of drug-likeness (QED) is 0.172. The van der Waals surface area contributed by atoms with Gasteiger partial charge in [-0.15, -0.1) is 6.58 Å². The molecule has 0 bridgehead atoms. The van der Waals surface area contributed by atoms with Gasteiger partial charge < -0.3 is 14.7 Å². The van der Waals surface area contributed by atoms with E-state index in [9.17, 15) is 0 Å². The molecule has 0 spiro atoms. The van der Waals surface area contributed by atoms with Crippen molar-refractivity contribution in [1.29, 1.82) is 0 Å². The van der Waals surface area contributed by atoms with Crippen molar-refractivity contribution in [3.05, 3.63) is 175 Å². The smallest absolute Gasteiger partial charge is 0.0666 e. The summed E-state index contributed by atoms with van der Waals surface area (Å²) in [6.45, 7) is 12.1. The van der Waals surface area contributed by atoms with Crippen LogP contribution in [0.1, 0.15) is 46.1 Å². The minimum atomic E-state index is -0.0271. The molecule has 230 valence electrons. The van der Waals surface area contributed by atoms with E-state index in [1.807, 2.05) is 13.8 Å². The molecule has 0 amide bonds. The largest absolute Gasteiger partial charge is 0.331 e. The summed E-state index contributed by atoms with van der Waals surface area (Å²) in [6.07, 6.45) is 8.99. The number of anilines is 7. The molecule has 46 heavy (non-hydrogen) atoms. The molecule has 3 heteroatoms. The highest BCUT2D eigenvalue weighted by molar-refractivity contribution is 5.83. The van der Waals surface area contributed by atoms with Crippen molar-refractivity contribution in [3.8, 4) is 0 Å². The number of hydrogen-bond acceptors (Lipinski definition) is 3. The summed E-state index contributed by atoms with van der Waals surface area (Å²) in [4.78, 5) is 7.10. The van der Waals surface area contributed by atoms with E-state index in [0.29, 0.717) is 0 Å². The molecule has 0 saturated heterocycles. The fourth-order valence-corrected chi connectivity index (χ4v) is 6.33. The first-order valence-corrected chi connectivity index (χ1v) is 16.1. The van der Waals surface area contributed by atoms with E-state index in [4.69, 9.17) is 0 Å². The maximum absolute atomic E-state index is 3.56. The first kappa shape index (κ1) is 30.7. The number of fused-ring (bicyclic) bond motifs is 1. The van der Waals surface area contributed by atoms with Gasteiger partial charge in [0.25, 0.3) is 0 Å². The predicted molar refractivity (Wildman–Crippen MR) is 198 cm³/mol. The van der Waals surface area contributed by atoms with E-state index in [2.05, 4.69) is 187 Å². The van der Waals surface area contributed by atoms with Gasteiger partial charge in [0, 0.05) is 51.1 Å². The second-order valence-corrected chi connectivity index (χ2v) is 12.6. The molecular weight excluding hydrogens is 558 g/mol. The van der Waals surface area contributed by atoms with Crippen molar-refractivity contribution in [2.75, 3.05) is 14.7 Å². The Labute approximate surface area is 275 Å². The van der Waals surface area contributed by atoms with Crippen molar-refractivity contribution in [1.82, 2.24) is 0 Å². The lowest BCUT2D eigenvalue weighted by Gasteiger charge is -2.51. The van der Waals surface area contributed by atoms with Crippen LogP contribution in [0.2, 0.25) is 0 Å². The number of para-hydroxylation sites is 3. The Morgan fingerprint density at radius 2 is 1.04 bits per heavy atom. The van der Waals surface area contributed by atoms with Crippen molar-refractivity contribution < 1.29 is 0 Å². The Hall–Kier alpha value is -5.28. The molecule has 2 aliphatic rings. The molecule has 0 fully saturated rings. The predicted octanol–water partition coefficient (Wildman–Crippen LogP) is 12.5. The molecule has 5 aromatic rings. The third kappa shape index (κ3) is 6.27. The molecule has 0 N–H and O–H groups in total. The van der Waals surface area contributed by atoms with Crippen LogP contribution in [0.25, 0.3) is 0 Å². The highest BCUT2D eigenvalue weighted by atomic mass is 15.3. The van der Waals surface area contributed by atoms with Crippen molar-refractivity contribution in [2.45, 2.75) is 46.1 Å². The van der Waals surface area contributed by atoms with Crippen LogP contribution in [0, 0.1) is 0 Å². The number of rotatable bonds is 7. The van der Waals surface area contributed by atoms with Gasteiger partial charge >= 0.3 is 0 Å². The second-order valence-electron chi connectivity index (χ2n) is 12.6. The molecule has 5 aromatic carbocycles. The van der Waals surface area contributed by atoms with E-state index >= 15 is 0 Å². The van der Waals surface area contributed by atoms with Gasteiger partial charge in [0.2, 0.25) is 0 Å². The van der Waals surface area contributed by atoms with Gasteiger partial charge in [0.1, 0.15) is 0 Å². The van der Waals surface area contributed by atoms with E-state index in [0.717, 1.165) is 41.3 Å². The van der Waals surface area contributed by atoms with E-state index in [1.165, 1.54) is 28.2 Å². The maximum Gasteiger partial charge on any atom is 0.0666 e. The van der Waals surface area contributed by atoms with Crippen LogP contribution in [0.3, 0.4) is 0 Å². The van der Waals surface area contributed by atoms with E-state index < -0.39 is 0 Å². The third-order valence-electron chi connectivity index (χ3n) is 8.36. The first-order chi connectivity index (χ1) is 22.3. The molecule has 0 saturated carbocycles. The van der Waals surface area contributed by atoms with Crippen LogP contribution in [-0.4, -0.2) is 0 Å². The van der Waals surface area contributed by atoms with Crippen LogP contribution in [0.5, 0.6) is 0 Å². The van der Waals surface area contributed by atoms with Crippen molar-refractivity contribution >= 4 is 39.8 Å². The normalized spacial score (nSPS) is 14.2. The average molecular weight is 602 g/mol. The fourth-order valence-electron chi connectivity index (χ4n) is 6.33. The lowest BCUT2D eigenvalue weighted by Crippen LogP contribution is -2.47. The van der Waals surface area contributed by atoms with Crippen LogP contribution in [0.4, 0.5) is 39.8 Å². The Bertz CT molecular complexity index is 1830. The van der Waals surface area contributed by atoms with E-state index in [1.54, 1.807) is 0 Å². The van der Waals surface area contributed by atoms with Gasteiger partial charge in [-0.2, -0.15) is 0 Å². The molecule has 0 aromatic heterocycles. The monoisotopic (exact) mass is 601 g/mol. The molecule has 0 unspecified atom stereocenters. The van der Waals surface area contributed by atoms with Crippen LogP contribution < -0.4 is 14.7 Å². The van der Waals surface area contributed by atoms with Crippen LogP contribution >= 0.6 is 0 Å². The number of nitrogens with zero attached hydrogens (tertiary/aromatic N) is 3. The number of hydrogen-bond donors (Lipinski definition) is 0. The highest BCUT2D eigenvalue weighted by Crippen LogP contribution is 2.52. The Balaban J connectivity index is 0.000000879. The van der Waals surface area contributed by atoms with Gasteiger partial charge in [-0.05, 0) is 125 Å². The zero-order valence-electron chi connectivity index (χ0n) is 27.4. The zero-order chi connectivity index (χ0) is 32.1. The molecular formula is C43H43N3. The summed E-state index contributed by atoms with van der Waals surface area (Å²) in [5, 5.41) is 0. The van der Waals surface area contributed by atoms with Crippen LogP contribution in [0.15, 0.2) is 170 Å². The SMILES string of the molecule is C=C(C)C.CC1(C)c2ccccc2N1c1ccc(N(c2ccccc2)c2ccc(N(C3=CCCC=C3)c3ccccc3)cc2)cc1. The summed E-state index contributed by atoms with van der Waals surface area (Å²) < 4.78 is 0. The van der Waals surface area contributed by atoms with Crippen LogP contribution in [-0.2, 0) is 5.54 Å². The summed E-state index contributed by atoms with van der Waals surface area (Å²) in [6, 6.07) is 47.8. The van der Waals surface area contributed by atoms with Gasteiger partial charge in [-0.3, -0.25) is 0 Å². The summed E-state index contributed by atoms with van der Waals surface area (Å²) in [5.74, 6) is 0. The standard InChI is InChI=1S/C39H35N3.C4H8/c1-39(2)37-20-12-13-21-38(37)42(39)36-28-26-35(27-29-36)41(32-18-10-5-11-19-32)34-24-22-33(23-25-34)40(30-14-6-3-7-15-30)31-16-8-4-9-17-31;1-4(2)3/h3,5-8,10-29H,4,9H2,1-2H3;1H2,2-3H3. The lowest BCUT2D eigenvalue weighted by atomic mass is 9.81. The minimum Gasteiger partial charge on any atom is -0.331 e. The molecule has 1 aliphatic heterocycles. The molecule has 0 radical (unpaired) electrons. The molecule has 1 heterocycles. The zero-order valence-corrected chi connectivity index (χ0v) is 27.4. The second kappa shape index (κ2) is 13.4. The lowest BCUT2D eigenvalue weighted by molar-refractivity contribution is 0.485. The van der Waals surface area contributed by atoms with Gasteiger partial charge in [-0.1, -0.05) is 72.3 Å². The fraction of sp³-hybridized carbons (Fsp3) is 0.163. The molecule has 7 rings (SSSR count). The molecule has 3 nitrogen and oxygen atoms in total. The minimum absolute atomic E-state index is 0.0271.